The Balaban J connectivity index is 2.01. The van der Waals surface area contributed by atoms with E-state index >= 15 is 0 Å². The summed E-state index contributed by atoms with van der Waals surface area (Å²) in [5.41, 5.74) is 5.30. The van der Waals surface area contributed by atoms with Crippen LogP contribution >= 0.6 is 23.2 Å². The molecule has 1 heterocycles. The zero-order chi connectivity index (χ0) is 14.8. The SMILES string of the molecule is Nc1cc(C(=O)NCC2(O)CCOCC2)cc(Cl)c1Cl. The fourth-order valence-electron chi connectivity index (χ4n) is 2.02. The van der Waals surface area contributed by atoms with Gasteiger partial charge in [0, 0.05) is 38.2 Å². The van der Waals surface area contributed by atoms with Crippen molar-refractivity contribution in [3.63, 3.8) is 0 Å². The Labute approximate surface area is 127 Å². The van der Waals surface area contributed by atoms with Crippen LogP contribution < -0.4 is 11.1 Å². The maximum Gasteiger partial charge on any atom is 0.251 e. The van der Waals surface area contributed by atoms with E-state index < -0.39 is 5.60 Å². The average Bonchev–Trinajstić information content (AvgIpc) is 2.42. The van der Waals surface area contributed by atoms with Gasteiger partial charge in [-0.05, 0) is 12.1 Å². The molecular weight excluding hydrogens is 303 g/mol. The molecule has 7 heteroatoms. The van der Waals surface area contributed by atoms with Crippen molar-refractivity contribution in [3.8, 4) is 0 Å². The molecule has 0 spiro atoms. The van der Waals surface area contributed by atoms with Crippen LogP contribution in [0.25, 0.3) is 0 Å². The summed E-state index contributed by atoms with van der Waals surface area (Å²) in [6, 6.07) is 2.90. The Kier molecular flexibility index (Phi) is 4.75. The smallest absolute Gasteiger partial charge is 0.251 e. The average molecular weight is 319 g/mol. The third-order valence-electron chi connectivity index (χ3n) is 3.32. The van der Waals surface area contributed by atoms with Crippen LogP contribution in [0, 0.1) is 0 Å². The van der Waals surface area contributed by atoms with Gasteiger partial charge in [-0.25, -0.2) is 0 Å². The van der Waals surface area contributed by atoms with Gasteiger partial charge in [0.2, 0.25) is 0 Å². The molecule has 0 unspecified atom stereocenters. The van der Waals surface area contributed by atoms with Gasteiger partial charge in [0.1, 0.15) is 0 Å². The fourth-order valence-corrected chi connectivity index (χ4v) is 2.35. The second-order valence-electron chi connectivity index (χ2n) is 4.88. The van der Waals surface area contributed by atoms with Crippen molar-refractivity contribution in [2.45, 2.75) is 18.4 Å². The highest BCUT2D eigenvalue weighted by Crippen LogP contribution is 2.29. The molecule has 0 radical (unpaired) electrons. The van der Waals surface area contributed by atoms with E-state index in [-0.39, 0.29) is 28.2 Å². The Morgan fingerprint density at radius 3 is 2.65 bits per heavy atom. The largest absolute Gasteiger partial charge is 0.397 e. The van der Waals surface area contributed by atoms with Gasteiger partial charge in [0.15, 0.2) is 0 Å². The van der Waals surface area contributed by atoms with Crippen LogP contribution in [-0.4, -0.2) is 36.4 Å². The molecule has 1 amide bonds. The number of ether oxygens (including phenoxy) is 1. The molecule has 0 bridgehead atoms. The van der Waals surface area contributed by atoms with E-state index in [9.17, 15) is 9.90 Å². The zero-order valence-corrected chi connectivity index (χ0v) is 12.3. The maximum atomic E-state index is 12.0. The van der Waals surface area contributed by atoms with Gasteiger partial charge >= 0.3 is 0 Å². The van der Waals surface area contributed by atoms with Crippen molar-refractivity contribution in [1.29, 1.82) is 0 Å². The van der Waals surface area contributed by atoms with Gasteiger partial charge in [0.05, 0.1) is 21.3 Å². The number of amides is 1. The first-order valence-electron chi connectivity index (χ1n) is 6.24. The number of rotatable bonds is 3. The second-order valence-corrected chi connectivity index (χ2v) is 5.67. The van der Waals surface area contributed by atoms with E-state index in [0.717, 1.165) is 0 Å². The van der Waals surface area contributed by atoms with Crippen molar-refractivity contribution in [1.82, 2.24) is 5.32 Å². The minimum atomic E-state index is -0.921. The first-order valence-corrected chi connectivity index (χ1v) is 7.00. The molecule has 20 heavy (non-hydrogen) atoms. The lowest BCUT2D eigenvalue weighted by atomic mass is 9.94. The number of anilines is 1. The molecule has 1 aliphatic heterocycles. The summed E-state index contributed by atoms with van der Waals surface area (Å²) < 4.78 is 5.18. The van der Waals surface area contributed by atoms with E-state index in [4.69, 9.17) is 33.7 Å². The predicted octanol–water partition coefficient (Wildman–Crippen LogP) is 1.85. The third-order valence-corrected chi connectivity index (χ3v) is 4.14. The monoisotopic (exact) mass is 318 g/mol. The van der Waals surface area contributed by atoms with Crippen molar-refractivity contribution in [2.75, 3.05) is 25.5 Å². The highest BCUT2D eigenvalue weighted by atomic mass is 35.5. The van der Waals surface area contributed by atoms with Crippen molar-refractivity contribution < 1.29 is 14.6 Å². The van der Waals surface area contributed by atoms with Crippen LogP contribution in [0.4, 0.5) is 5.69 Å². The number of nitrogens with two attached hydrogens (primary N) is 1. The van der Waals surface area contributed by atoms with Gasteiger partial charge in [0.25, 0.3) is 5.91 Å². The van der Waals surface area contributed by atoms with E-state index in [2.05, 4.69) is 5.32 Å². The standard InChI is InChI=1S/C13H16Cl2N2O3/c14-9-5-8(6-10(16)11(9)15)12(18)17-7-13(19)1-3-20-4-2-13/h5-6,19H,1-4,7,16H2,(H,17,18). The molecule has 0 aromatic heterocycles. The number of benzene rings is 1. The van der Waals surface area contributed by atoms with Crippen LogP contribution in [-0.2, 0) is 4.74 Å². The van der Waals surface area contributed by atoms with Crippen LogP contribution in [0.15, 0.2) is 12.1 Å². The molecule has 1 fully saturated rings. The highest BCUT2D eigenvalue weighted by Gasteiger charge is 2.30. The number of nitrogens with one attached hydrogen (secondary N) is 1. The molecule has 5 nitrogen and oxygen atoms in total. The van der Waals surface area contributed by atoms with Crippen LogP contribution in [0.5, 0.6) is 0 Å². The van der Waals surface area contributed by atoms with E-state index in [1.165, 1.54) is 12.1 Å². The second kappa shape index (κ2) is 6.18. The zero-order valence-electron chi connectivity index (χ0n) is 10.8. The van der Waals surface area contributed by atoms with Gasteiger partial charge in [-0.1, -0.05) is 23.2 Å². The molecule has 1 aromatic rings. The number of nitrogen functional groups attached to an aromatic ring is 1. The lowest BCUT2D eigenvalue weighted by molar-refractivity contribution is -0.0605. The summed E-state index contributed by atoms with van der Waals surface area (Å²) in [7, 11) is 0. The Morgan fingerprint density at radius 1 is 1.40 bits per heavy atom. The molecule has 2 rings (SSSR count). The van der Waals surface area contributed by atoms with Gasteiger partial charge in [-0.3, -0.25) is 4.79 Å². The lowest BCUT2D eigenvalue weighted by Gasteiger charge is -2.32. The van der Waals surface area contributed by atoms with Crippen LogP contribution in [0.1, 0.15) is 23.2 Å². The molecule has 0 aliphatic carbocycles. The summed E-state index contributed by atoms with van der Waals surface area (Å²) in [5.74, 6) is -0.352. The van der Waals surface area contributed by atoms with Gasteiger partial charge < -0.3 is 20.9 Å². The molecule has 1 aliphatic rings. The quantitative estimate of drug-likeness (QED) is 0.742. The van der Waals surface area contributed by atoms with Crippen LogP contribution in [0.3, 0.4) is 0 Å². The number of hydrogen-bond donors (Lipinski definition) is 3. The number of hydrogen-bond acceptors (Lipinski definition) is 4. The first kappa shape index (κ1) is 15.4. The number of carbonyl (C=O) groups is 1. The fraction of sp³-hybridized carbons (Fsp3) is 0.462. The van der Waals surface area contributed by atoms with E-state index in [1.54, 1.807) is 0 Å². The molecule has 1 aromatic carbocycles. The van der Waals surface area contributed by atoms with Gasteiger partial charge in [-0.15, -0.1) is 0 Å². The summed E-state index contributed by atoms with van der Waals surface area (Å²) >= 11 is 11.7. The summed E-state index contributed by atoms with van der Waals surface area (Å²) in [5, 5.41) is 13.4. The van der Waals surface area contributed by atoms with Crippen molar-refractivity contribution in [2.24, 2.45) is 0 Å². The minimum absolute atomic E-state index is 0.162. The number of halogens is 2. The Hall–Kier alpha value is -1.01. The van der Waals surface area contributed by atoms with Crippen LogP contribution in [0.2, 0.25) is 10.0 Å². The molecule has 0 atom stereocenters. The summed E-state index contributed by atoms with van der Waals surface area (Å²) in [4.78, 5) is 12.0. The maximum absolute atomic E-state index is 12.0. The number of carbonyl (C=O) groups excluding carboxylic acids is 1. The Bertz CT molecular complexity index is 493. The molecule has 0 saturated carbocycles. The van der Waals surface area contributed by atoms with E-state index in [0.29, 0.717) is 31.6 Å². The summed E-state index contributed by atoms with van der Waals surface area (Å²) in [6.07, 6.45) is 0.994. The Morgan fingerprint density at radius 2 is 2.05 bits per heavy atom. The minimum Gasteiger partial charge on any atom is -0.397 e. The normalized spacial score (nSPS) is 17.8. The van der Waals surface area contributed by atoms with Crippen molar-refractivity contribution in [3.05, 3.63) is 27.7 Å². The highest BCUT2D eigenvalue weighted by molar-refractivity contribution is 6.43. The number of aliphatic hydroxyl groups is 1. The summed E-state index contributed by atoms with van der Waals surface area (Å²) in [6.45, 7) is 1.15. The van der Waals surface area contributed by atoms with Gasteiger partial charge in [-0.2, -0.15) is 0 Å². The molecule has 1 saturated heterocycles. The molecule has 4 N–H and O–H groups in total. The topological polar surface area (TPSA) is 84.6 Å². The molecule has 110 valence electrons. The van der Waals surface area contributed by atoms with E-state index in [1.807, 2.05) is 0 Å². The van der Waals surface area contributed by atoms with Crippen molar-refractivity contribution >= 4 is 34.8 Å². The first-order chi connectivity index (χ1) is 9.41. The predicted molar refractivity (Wildman–Crippen MR) is 78.2 cm³/mol. The molecular formula is C13H16Cl2N2O3. The third kappa shape index (κ3) is 3.55. The lowest BCUT2D eigenvalue weighted by Crippen LogP contribution is -2.46.